The molecule has 112 valence electrons. The van der Waals surface area contributed by atoms with Gasteiger partial charge >= 0.3 is 0 Å². The molecule has 1 saturated heterocycles. The quantitative estimate of drug-likeness (QED) is 0.740. The molecule has 0 spiro atoms. The fourth-order valence-electron chi connectivity index (χ4n) is 3.42. The van der Waals surface area contributed by atoms with Gasteiger partial charge in [-0.3, -0.25) is 0 Å². The van der Waals surface area contributed by atoms with Crippen LogP contribution in [0.25, 0.3) is 5.65 Å². The molecule has 0 amide bonds. The molecular formula is C16H18N6. The maximum atomic E-state index is 4.56. The Balaban J connectivity index is 1.67. The Morgan fingerprint density at radius 3 is 2.86 bits per heavy atom. The summed E-state index contributed by atoms with van der Waals surface area (Å²) in [7, 11) is 0. The number of aromatic nitrogens is 5. The van der Waals surface area contributed by atoms with Crippen LogP contribution < -0.4 is 4.90 Å². The van der Waals surface area contributed by atoms with Crippen LogP contribution >= 0.6 is 0 Å². The van der Waals surface area contributed by atoms with Crippen LogP contribution in [0.2, 0.25) is 0 Å². The van der Waals surface area contributed by atoms with E-state index >= 15 is 0 Å². The Bertz CT molecular complexity index is 783. The number of anilines is 1. The molecule has 4 rings (SSSR count). The molecule has 1 atom stereocenters. The molecule has 6 heteroatoms. The molecule has 1 aliphatic rings. The lowest BCUT2D eigenvalue weighted by molar-refractivity contribution is 0.459. The Hall–Kier alpha value is -2.50. The SMILES string of the molecule is CC1(Cc2ccccc2)CCCN1c1ccc2nnnn2n1. The first-order valence-corrected chi connectivity index (χ1v) is 7.62. The van der Waals surface area contributed by atoms with E-state index in [9.17, 15) is 0 Å². The highest BCUT2D eigenvalue weighted by molar-refractivity contribution is 5.48. The van der Waals surface area contributed by atoms with Gasteiger partial charge in [0.25, 0.3) is 0 Å². The first-order chi connectivity index (χ1) is 10.7. The van der Waals surface area contributed by atoms with E-state index in [1.807, 2.05) is 12.1 Å². The van der Waals surface area contributed by atoms with E-state index in [4.69, 9.17) is 0 Å². The topological polar surface area (TPSA) is 59.2 Å². The molecule has 1 aromatic carbocycles. The summed E-state index contributed by atoms with van der Waals surface area (Å²) in [4.78, 5) is 2.39. The van der Waals surface area contributed by atoms with Crippen molar-refractivity contribution in [1.29, 1.82) is 0 Å². The monoisotopic (exact) mass is 294 g/mol. The van der Waals surface area contributed by atoms with Crippen LogP contribution in [-0.2, 0) is 6.42 Å². The zero-order chi connectivity index (χ0) is 15.0. The molecule has 0 aliphatic carbocycles. The molecule has 1 unspecified atom stereocenters. The third-order valence-corrected chi connectivity index (χ3v) is 4.51. The number of fused-ring (bicyclic) bond motifs is 1. The van der Waals surface area contributed by atoms with Crippen molar-refractivity contribution in [2.24, 2.45) is 0 Å². The maximum Gasteiger partial charge on any atom is 0.200 e. The van der Waals surface area contributed by atoms with Gasteiger partial charge in [0.05, 0.1) is 0 Å². The van der Waals surface area contributed by atoms with E-state index < -0.39 is 0 Å². The Morgan fingerprint density at radius 2 is 2.00 bits per heavy atom. The van der Waals surface area contributed by atoms with Crippen molar-refractivity contribution in [2.75, 3.05) is 11.4 Å². The minimum Gasteiger partial charge on any atom is -0.349 e. The standard InChI is InChI=1S/C16H18N6/c1-16(12-13-6-3-2-4-7-13)10-5-11-21(16)15-9-8-14-17-19-20-22(14)18-15/h2-4,6-9H,5,10-12H2,1H3. The summed E-state index contributed by atoms with van der Waals surface area (Å²) in [6.07, 6.45) is 3.36. The Kier molecular flexibility index (Phi) is 3.03. The number of benzene rings is 1. The summed E-state index contributed by atoms with van der Waals surface area (Å²) in [5.41, 5.74) is 2.11. The van der Waals surface area contributed by atoms with E-state index in [0.29, 0.717) is 5.65 Å². The molecule has 3 aromatic rings. The molecule has 0 bridgehead atoms. The van der Waals surface area contributed by atoms with Crippen LogP contribution in [0.15, 0.2) is 42.5 Å². The highest BCUT2D eigenvalue weighted by Crippen LogP contribution is 2.35. The minimum absolute atomic E-state index is 0.0794. The van der Waals surface area contributed by atoms with E-state index in [-0.39, 0.29) is 5.54 Å². The molecule has 1 fully saturated rings. The van der Waals surface area contributed by atoms with Crippen LogP contribution in [0.3, 0.4) is 0 Å². The molecular weight excluding hydrogens is 276 g/mol. The fraction of sp³-hybridized carbons (Fsp3) is 0.375. The van der Waals surface area contributed by atoms with Gasteiger partial charge in [-0.15, -0.1) is 14.8 Å². The Morgan fingerprint density at radius 1 is 1.14 bits per heavy atom. The van der Waals surface area contributed by atoms with Crippen molar-refractivity contribution in [3.8, 4) is 0 Å². The minimum atomic E-state index is 0.0794. The molecule has 2 aromatic heterocycles. The smallest absolute Gasteiger partial charge is 0.200 e. The zero-order valence-corrected chi connectivity index (χ0v) is 12.6. The van der Waals surface area contributed by atoms with Gasteiger partial charge in [0.1, 0.15) is 0 Å². The van der Waals surface area contributed by atoms with Gasteiger partial charge in [-0.25, -0.2) is 0 Å². The van der Waals surface area contributed by atoms with Crippen LogP contribution in [0.4, 0.5) is 5.82 Å². The van der Waals surface area contributed by atoms with Gasteiger partial charge in [0.15, 0.2) is 11.5 Å². The normalized spacial score (nSPS) is 21.6. The summed E-state index contributed by atoms with van der Waals surface area (Å²) in [6.45, 7) is 3.34. The highest BCUT2D eigenvalue weighted by atomic mass is 15.6. The van der Waals surface area contributed by atoms with E-state index in [0.717, 1.165) is 25.2 Å². The molecule has 0 saturated carbocycles. The summed E-state index contributed by atoms with van der Waals surface area (Å²) in [6, 6.07) is 14.6. The number of hydrogen-bond acceptors (Lipinski definition) is 5. The van der Waals surface area contributed by atoms with Gasteiger partial charge in [-0.1, -0.05) is 30.3 Å². The Labute approximate surface area is 128 Å². The average Bonchev–Trinajstić information content (AvgIpc) is 3.13. The second kappa shape index (κ2) is 5.05. The number of hydrogen-bond donors (Lipinski definition) is 0. The van der Waals surface area contributed by atoms with Crippen LogP contribution in [0.5, 0.6) is 0 Å². The average molecular weight is 294 g/mol. The van der Waals surface area contributed by atoms with E-state index in [1.165, 1.54) is 16.6 Å². The third kappa shape index (κ3) is 2.20. The summed E-state index contributed by atoms with van der Waals surface area (Å²) < 4.78 is 1.50. The van der Waals surface area contributed by atoms with Gasteiger partial charge in [-0.05, 0) is 54.3 Å². The fourth-order valence-corrected chi connectivity index (χ4v) is 3.42. The molecule has 0 radical (unpaired) electrons. The van der Waals surface area contributed by atoms with Gasteiger partial charge in [0, 0.05) is 12.1 Å². The molecule has 6 nitrogen and oxygen atoms in total. The van der Waals surface area contributed by atoms with Gasteiger partial charge < -0.3 is 4.90 Å². The number of nitrogens with zero attached hydrogens (tertiary/aromatic N) is 6. The van der Waals surface area contributed by atoms with Crippen molar-refractivity contribution in [3.63, 3.8) is 0 Å². The van der Waals surface area contributed by atoms with Gasteiger partial charge in [0.2, 0.25) is 0 Å². The second-order valence-corrected chi connectivity index (χ2v) is 6.13. The predicted molar refractivity (Wildman–Crippen MR) is 83.7 cm³/mol. The van der Waals surface area contributed by atoms with Crippen molar-refractivity contribution >= 4 is 11.5 Å². The summed E-state index contributed by atoms with van der Waals surface area (Å²) >= 11 is 0. The summed E-state index contributed by atoms with van der Waals surface area (Å²) in [5, 5.41) is 16.0. The lowest BCUT2D eigenvalue weighted by Crippen LogP contribution is -2.43. The highest BCUT2D eigenvalue weighted by Gasteiger charge is 2.37. The van der Waals surface area contributed by atoms with Crippen molar-refractivity contribution < 1.29 is 0 Å². The van der Waals surface area contributed by atoms with Crippen molar-refractivity contribution in [1.82, 2.24) is 25.3 Å². The van der Waals surface area contributed by atoms with Crippen LogP contribution in [0.1, 0.15) is 25.3 Å². The molecule has 22 heavy (non-hydrogen) atoms. The molecule has 3 heterocycles. The van der Waals surface area contributed by atoms with Crippen molar-refractivity contribution in [3.05, 3.63) is 48.0 Å². The second-order valence-electron chi connectivity index (χ2n) is 6.13. The zero-order valence-electron chi connectivity index (χ0n) is 12.6. The maximum absolute atomic E-state index is 4.56. The number of tetrazole rings is 1. The largest absolute Gasteiger partial charge is 0.349 e. The molecule has 0 N–H and O–H groups in total. The van der Waals surface area contributed by atoms with Crippen molar-refractivity contribution in [2.45, 2.75) is 31.7 Å². The van der Waals surface area contributed by atoms with Crippen LogP contribution in [0, 0.1) is 0 Å². The lowest BCUT2D eigenvalue weighted by Gasteiger charge is -2.36. The summed E-state index contributed by atoms with van der Waals surface area (Å²) in [5.74, 6) is 0.940. The first-order valence-electron chi connectivity index (χ1n) is 7.62. The third-order valence-electron chi connectivity index (χ3n) is 4.51. The first kappa shape index (κ1) is 13.2. The lowest BCUT2D eigenvalue weighted by atomic mass is 9.90. The van der Waals surface area contributed by atoms with E-state index in [2.05, 4.69) is 62.8 Å². The number of rotatable bonds is 3. The predicted octanol–water partition coefficient (Wildman–Crippen LogP) is 2.12. The van der Waals surface area contributed by atoms with Crippen LogP contribution in [-0.4, -0.2) is 37.3 Å². The van der Waals surface area contributed by atoms with E-state index in [1.54, 1.807) is 0 Å². The van der Waals surface area contributed by atoms with Gasteiger partial charge in [-0.2, -0.15) is 0 Å². The molecule has 1 aliphatic heterocycles.